The Morgan fingerprint density at radius 3 is 2.60 bits per heavy atom. The molecule has 0 aromatic heterocycles. The second-order valence-electron chi connectivity index (χ2n) is 5.00. The minimum absolute atomic E-state index is 0.0321. The molecule has 0 radical (unpaired) electrons. The van der Waals surface area contributed by atoms with Crippen LogP contribution in [0.4, 0.5) is 10.1 Å². The van der Waals surface area contributed by atoms with Crippen molar-refractivity contribution in [2.24, 2.45) is 0 Å². The number of sulfonamides is 1. The van der Waals surface area contributed by atoms with Crippen molar-refractivity contribution in [3.8, 4) is 0 Å². The summed E-state index contributed by atoms with van der Waals surface area (Å²) in [4.78, 5) is 2.12. The Morgan fingerprint density at radius 2 is 2.00 bits per heavy atom. The van der Waals surface area contributed by atoms with Crippen molar-refractivity contribution in [1.29, 1.82) is 0 Å². The average Bonchev–Trinajstić information content (AvgIpc) is 2.36. The van der Waals surface area contributed by atoms with E-state index in [-0.39, 0.29) is 21.1 Å². The summed E-state index contributed by atoms with van der Waals surface area (Å²) in [6, 6.07) is 2.10. The Hall–Kier alpha value is -0.700. The molecule has 1 aromatic carbocycles. The van der Waals surface area contributed by atoms with Gasteiger partial charge in [-0.25, -0.2) is 17.5 Å². The molecule has 112 valence electrons. The van der Waals surface area contributed by atoms with Crippen LogP contribution >= 0.6 is 15.9 Å². The number of rotatable bonds is 3. The van der Waals surface area contributed by atoms with Gasteiger partial charge in [-0.2, -0.15) is 0 Å². The molecule has 1 aliphatic rings. The fourth-order valence-electron chi connectivity index (χ4n) is 2.16. The quantitative estimate of drug-likeness (QED) is 0.796. The number of halogens is 2. The number of nitrogens with zero attached hydrogens (tertiary/aromatic N) is 1. The minimum Gasteiger partial charge on any atom is -0.396 e. The third-order valence-electron chi connectivity index (χ3n) is 3.38. The molecule has 1 aliphatic heterocycles. The SMILES string of the molecule is CN1CCC(NS(=O)(=O)c2cc(N)c(F)cc2Br)CC1. The fraction of sp³-hybridized carbons (Fsp3) is 0.500. The molecule has 1 fully saturated rings. The van der Waals surface area contributed by atoms with Gasteiger partial charge >= 0.3 is 0 Å². The standard InChI is InChI=1S/C12H17BrFN3O2S/c1-17-4-2-8(3-5-17)16-20(18,19)12-7-11(15)10(14)6-9(12)13/h6-8,16H,2-5,15H2,1H3. The first kappa shape index (κ1) is 15.7. The van der Waals surface area contributed by atoms with Gasteiger partial charge in [-0.1, -0.05) is 0 Å². The van der Waals surface area contributed by atoms with Gasteiger partial charge in [-0.3, -0.25) is 0 Å². The van der Waals surface area contributed by atoms with Crippen molar-refractivity contribution < 1.29 is 12.8 Å². The van der Waals surface area contributed by atoms with Crippen molar-refractivity contribution in [3.63, 3.8) is 0 Å². The first-order chi connectivity index (χ1) is 9.29. The number of nitrogen functional groups attached to an aromatic ring is 1. The number of anilines is 1. The molecule has 3 N–H and O–H groups in total. The van der Waals surface area contributed by atoms with Crippen LogP contribution in [-0.2, 0) is 10.0 Å². The monoisotopic (exact) mass is 365 g/mol. The van der Waals surface area contributed by atoms with Crippen molar-refractivity contribution in [2.45, 2.75) is 23.8 Å². The largest absolute Gasteiger partial charge is 0.396 e. The van der Waals surface area contributed by atoms with E-state index in [1.54, 1.807) is 0 Å². The summed E-state index contributed by atoms with van der Waals surface area (Å²) in [6.45, 7) is 1.69. The average molecular weight is 366 g/mol. The first-order valence-electron chi connectivity index (χ1n) is 6.25. The van der Waals surface area contributed by atoms with E-state index in [1.165, 1.54) is 0 Å². The van der Waals surface area contributed by atoms with Gasteiger partial charge in [0.15, 0.2) is 0 Å². The number of piperidine rings is 1. The normalized spacial score (nSPS) is 18.4. The molecule has 0 spiro atoms. The second kappa shape index (κ2) is 5.97. The van der Waals surface area contributed by atoms with Crippen LogP contribution in [0.1, 0.15) is 12.8 Å². The highest BCUT2D eigenvalue weighted by atomic mass is 79.9. The van der Waals surface area contributed by atoms with E-state index in [0.717, 1.165) is 38.1 Å². The predicted molar refractivity (Wildman–Crippen MR) is 79.4 cm³/mol. The Morgan fingerprint density at radius 1 is 1.40 bits per heavy atom. The van der Waals surface area contributed by atoms with Crippen molar-refractivity contribution >= 4 is 31.6 Å². The Kier molecular flexibility index (Phi) is 4.68. The summed E-state index contributed by atoms with van der Waals surface area (Å²) in [7, 11) is -1.71. The van der Waals surface area contributed by atoms with E-state index in [2.05, 4.69) is 25.6 Å². The lowest BCUT2D eigenvalue weighted by atomic mass is 10.1. The van der Waals surface area contributed by atoms with Gasteiger partial charge in [0.1, 0.15) is 5.82 Å². The van der Waals surface area contributed by atoms with Crippen molar-refractivity contribution in [3.05, 3.63) is 22.4 Å². The maximum atomic E-state index is 13.3. The van der Waals surface area contributed by atoms with Crippen molar-refractivity contribution in [2.75, 3.05) is 25.9 Å². The number of nitrogens with one attached hydrogen (secondary N) is 1. The lowest BCUT2D eigenvalue weighted by Gasteiger charge is -2.29. The van der Waals surface area contributed by atoms with Gasteiger partial charge in [-0.05, 0) is 61.0 Å². The predicted octanol–water partition coefficient (Wildman–Crippen LogP) is 1.54. The van der Waals surface area contributed by atoms with E-state index in [4.69, 9.17) is 5.73 Å². The maximum Gasteiger partial charge on any atom is 0.242 e. The molecule has 5 nitrogen and oxygen atoms in total. The second-order valence-corrected chi connectivity index (χ2v) is 7.54. The number of likely N-dealkylation sites (tertiary alicyclic amines) is 1. The Balaban J connectivity index is 2.20. The third-order valence-corrected chi connectivity index (χ3v) is 5.86. The van der Waals surface area contributed by atoms with Crippen LogP contribution in [0.2, 0.25) is 0 Å². The molecular weight excluding hydrogens is 349 g/mol. The van der Waals surface area contributed by atoms with E-state index in [9.17, 15) is 12.8 Å². The van der Waals surface area contributed by atoms with Gasteiger partial charge < -0.3 is 10.6 Å². The molecule has 0 saturated carbocycles. The highest BCUT2D eigenvalue weighted by molar-refractivity contribution is 9.10. The summed E-state index contributed by atoms with van der Waals surface area (Å²) in [5, 5.41) is 0. The summed E-state index contributed by atoms with van der Waals surface area (Å²) >= 11 is 3.07. The molecule has 0 bridgehead atoms. The Labute approximate surface area is 126 Å². The molecule has 1 aromatic rings. The minimum atomic E-state index is -3.71. The Bertz CT molecular complexity index is 601. The number of hydrogen-bond donors (Lipinski definition) is 2. The van der Waals surface area contributed by atoms with E-state index >= 15 is 0 Å². The summed E-state index contributed by atoms with van der Waals surface area (Å²) in [6.07, 6.45) is 1.51. The highest BCUT2D eigenvalue weighted by Crippen LogP contribution is 2.27. The smallest absolute Gasteiger partial charge is 0.242 e. The summed E-state index contributed by atoms with van der Waals surface area (Å²) < 4.78 is 40.8. The van der Waals surface area contributed by atoms with Gasteiger partial charge in [0.25, 0.3) is 0 Å². The molecule has 8 heteroatoms. The van der Waals surface area contributed by atoms with Gasteiger partial charge in [-0.15, -0.1) is 0 Å². The van der Waals surface area contributed by atoms with Crippen molar-refractivity contribution in [1.82, 2.24) is 9.62 Å². The zero-order valence-corrected chi connectivity index (χ0v) is 13.5. The molecule has 20 heavy (non-hydrogen) atoms. The molecule has 0 aliphatic carbocycles. The van der Waals surface area contributed by atoms with Crippen LogP contribution in [0.25, 0.3) is 0 Å². The third kappa shape index (κ3) is 3.49. The molecular formula is C12H17BrFN3O2S. The molecule has 1 saturated heterocycles. The maximum absolute atomic E-state index is 13.3. The molecule has 0 atom stereocenters. The zero-order chi connectivity index (χ0) is 14.9. The first-order valence-corrected chi connectivity index (χ1v) is 8.52. The van der Waals surface area contributed by atoms with E-state index in [1.807, 2.05) is 7.05 Å². The highest BCUT2D eigenvalue weighted by Gasteiger charge is 2.25. The lowest BCUT2D eigenvalue weighted by Crippen LogP contribution is -2.43. The zero-order valence-electron chi connectivity index (χ0n) is 11.1. The number of benzene rings is 1. The summed E-state index contributed by atoms with van der Waals surface area (Å²) in [5.41, 5.74) is 5.26. The molecule has 1 heterocycles. The van der Waals surface area contributed by atoms with Crippen LogP contribution in [0.15, 0.2) is 21.5 Å². The summed E-state index contributed by atoms with van der Waals surface area (Å²) in [5.74, 6) is -0.643. The van der Waals surface area contributed by atoms with E-state index < -0.39 is 15.8 Å². The van der Waals surface area contributed by atoms with Gasteiger partial charge in [0.05, 0.1) is 10.6 Å². The lowest BCUT2D eigenvalue weighted by molar-refractivity contribution is 0.248. The number of nitrogens with two attached hydrogens (primary N) is 1. The van der Waals surface area contributed by atoms with Gasteiger partial charge in [0.2, 0.25) is 10.0 Å². The number of hydrogen-bond acceptors (Lipinski definition) is 4. The molecule has 0 amide bonds. The van der Waals surface area contributed by atoms with Crippen LogP contribution < -0.4 is 10.5 Å². The van der Waals surface area contributed by atoms with E-state index in [0.29, 0.717) is 0 Å². The topological polar surface area (TPSA) is 75.4 Å². The molecule has 0 unspecified atom stereocenters. The van der Waals surface area contributed by atoms with Gasteiger partial charge in [0, 0.05) is 10.5 Å². The molecule has 2 rings (SSSR count). The van der Waals surface area contributed by atoms with Crippen LogP contribution in [0.5, 0.6) is 0 Å². The van der Waals surface area contributed by atoms with Crippen LogP contribution in [0, 0.1) is 5.82 Å². The fourth-order valence-corrected chi connectivity index (χ4v) is 4.51. The van der Waals surface area contributed by atoms with Crippen LogP contribution in [-0.4, -0.2) is 39.5 Å². The van der Waals surface area contributed by atoms with Crippen LogP contribution in [0.3, 0.4) is 0 Å².